The molecule has 2 aromatic rings. The highest BCUT2D eigenvalue weighted by Gasteiger charge is 2.56. The van der Waals surface area contributed by atoms with Gasteiger partial charge in [-0.2, -0.15) is 0 Å². The van der Waals surface area contributed by atoms with E-state index >= 15 is 0 Å². The fourth-order valence-electron chi connectivity index (χ4n) is 5.75. The summed E-state index contributed by atoms with van der Waals surface area (Å²) in [6, 6.07) is 21.9. The topological polar surface area (TPSA) is 12.5 Å². The first-order chi connectivity index (χ1) is 13.8. The molecule has 4 heteroatoms. The lowest BCUT2D eigenvalue weighted by molar-refractivity contribution is 0.0888. The van der Waals surface area contributed by atoms with E-state index in [1.54, 1.807) is 0 Å². The van der Waals surface area contributed by atoms with E-state index < -0.39 is 14.5 Å². The van der Waals surface area contributed by atoms with Crippen molar-refractivity contribution in [1.82, 2.24) is 4.90 Å². The molecule has 156 valence electrons. The van der Waals surface area contributed by atoms with Gasteiger partial charge in [-0.05, 0) is 35.2 Å². The van der Waals surface area contributed by atoms with Crippen molar-refractivity contribution in [2.24, 2.45) is 0 Å². The largest absolute Gasteiger partial charge is 0.406 e. The number of hydrogen-bond donors (Lipinski definition) is 0. The van der Waals surface area contributed by atoms with Crippen LogP contribution < -0.4 is 10.4 Å². The van der Waals surface area contributed by atoms with E-state index in [1.807, 2.05) is 0 Å². The molecule has 0 bridgehead atoms. The molecule has 0 aliphatic carbocycles. The molecule has 2 saturated heterocycles. The molecule has 0 unspecified atom stereocenters. The van der Waals surface area contributed by atoms with E-state index in [1.165, 1.54) is 10.4 Å². The lowest BCUT2D eigenvalue weighted by Crippen LogP contribution is -2.68. The van der Waals surface area contributed by atoms with Gasteiger partial charge in [-0.25, -0.2) is 4.39 Å². The minimum absolute atomic E-state index is 0.0465. The summed E-state index contributed by atoms with van der Waals surface area (Å²) < 4.78 is 21.7. The Morgan fingerprint density at radius 2 is 1.59 bits per heavy atom. The highest BCUT2D eigenvalue weighted by molar-refractivity contribution is 6.99. The van der Waals surface area contributed by atoms with Crippen molar-refractivity contribution >= 4 is 18.7 Å². The molecule has 0 radical (unpaired) electrons. The molecule has 2 fully saturated rings. The maximum Gasteiger partial charge on any atom is 0.261 e. The second-order valence-electron chi connectivity index (χ2n) is 10.0. The van der Waals surface area contributed by atoms with Crippen LogP contribution in [0.4, 0.5) is 4.39 Å². The smallest absolute Gasteiger partial charge is 0.261 e. The molecule has 2 nitrogen and oxygen atoms in total. The van der Waals surface area contributed by atoms with Crippen molar-refractivity contribution in [3.05, 3.63) is 60.7 Å². The number of rotatable bonds is 5. The van der Waals surface area contributed by atoms with Crippen molar-refractivity contribution in [3.8, 4) is 0 Å². The molecule has 0 amide bonds. The normalized spacial score (nSPS) is 27.9. The quantitative estimate of drug-likeness (QED) is 0.671. The molecule has 0 spiro atoms. The van der Waals surface area contributed by atoms with Crippen molar-refractivity contribution in [3.63, 3.8) is 0 Å². The first kappa shape index (κ1) is 20.8. The summed E-state index contributed by atoms with van der Waals surface area (Å²) in [5, 5.41) is 2.54. The van der Waals surface area contributed by atoms with E-state index in [-0.39, 0.29) is 10.6 Å². The summed E-state index contributed by atoms with van der Waals surface area (Å²) in [5.74, 6) is 0. The molecular formula is C25H34FNOSi. The number of alkyl halides is 1. The van der Waals surface area contributed by atoms with Gasteiger partial charge < -0.3 is 4.43 Å². The van der Waals surface area contributed by atoms with Gasteiger partial charge in [0.15, 0.2) is 0 Å². The van der Waals surface area contributed by atoms with E-state index in [9.17, 15) is 4.39 Å². The highest BCUT2D eigenvalue weighted by atomic mass is 28.4. The Kier molecular flexibility index (Phi) is 5.47. The molecule has 0 N–H and O–H groups in total. The van der Waals surface area contributed by atoms with Gasteiger partial charge in [-0.3, -0.25) is 4.90 Å². The van der Waals surface area contributed by atoms with Gasteiger partial charge in [0, 0.05) is 24.5 Å². The SMILES string of the molecule is C[C@H]1CC[C@@]2(CO[Si](c3ccccc3)(c3ccccc3)C(C)(C)C)C[C@@H](F)CN12. The van der Waals surface area contributed by atoms with Crippen LogP contribution in [0.3, 0.4) is 0 Å². The molecular weight excluding hydrogens is 377 g/mol. The monoisotopic (exact) mass is 411 g/mol. The third-order valence-corrected chi connectivity index (χ3v) is 12.1. The molecule has 4 rings (SSSR count). The molecule has 2 aliphatic rings. The minimum atomic E-state index is -2.58. The summed E-state index contributed by atoms with van der Waals surface area (Å²) in [6.45, 7) is 10.3. The van der Waals surface area contributed by atoms with Gasteiger partial charge in [0.1, 0.15) is 6.17 Å². The Labute approximate surface area is 176 Å². The molecule has 0 saturated carbocycles. The van der Waals surface area contributed by atoms with Crippen molar-refractivity contribution in [2.75, 3.05) is 13.2 Å². The molecule has 0 aromatic heterocycles. The van der Waals surface area contributed by atoms with Crippen molar-refractivity contribution in [1.29, 1.82) is 0 Å². The number of hydrogen-bond acceptors (Lipinski definition) is 2. The van der Waals surface area contributed by atoms with Crippen LogP contribution in [0.25, 0.3) is 0 Å². The fraction of sp³-hybridized carbons (Fsp3) is 0.520. The Bertz CT molecular complexity index is 782. The standard InChI is InChI=1S/C25H34FNOSi/c1-20-15-16-25(17-21(26)18-27(20)25)19-28-29(24(2,3)4,22-11-7-5-8-12-22)23-13-9-6-10-14-23/h5-14,20-21H,15-19H2,1-4H3/t20-,21+,25-/m0/s1. The Morgan fingerprint density at radius 1 is 1.03 bits per heavy atom. The van der Waals surface area contributed by atoms with Gasteiger partial charge in [-0.1, -0.05) is 81.4 Å². The van der Waals surface area contributed by atoms with Crippen LogP contribution in [0.15, 0.2) is 60.7 Å². The van der Waals surface area contributed by atoms with Gasteiger partial charge in [0.25, 0.3) is 8.32 Å². The molecule has 2 aromatic carbocycles. The van der Waals surface area contributed by atoms with Crippen LogP contribution in [0.5, 0.6) is 0 Å². The lowest BCUT2D eigenvalue weighted by Gasteiger charge is -2.45. The fourth-order valence-corrected chi connectivity index (χ4v) is 10.4. The lowest BCUT2D eigenvalue weighted by atomic mass is 9.95. The molecule has 3 atom stereocenters. The Balaban J connectivity index is 1.77. The third-order valence-electron chi connectivity index (χ3n) is 7.14. The van der Waals surface area contributed by atoms with E-state index in [0.717, 1.165) is 12.8 Å². The van der Waals surface area contributed by atoms with Crippen LogP contribution in [-0.4, -0.2) is 44.1 Å². The second-order valence-corrected chi connectivity index (χ2v) is 14.3. The summed E-state index contributed by atoms with van der Waals surface area (Å²) in [7, 11) is -2.58. The molecule has 2 heterocycles. The maximum atomic E-state index is 14.5. The first-order valence-electron chi connectivity index (χ1n) is 10.9. The summed E-state index contributed by atoms with van der Waals surface area (Å²) in [4.78, 5) is 2.40. The molecule has 2 aliphatic heterocycles. The first-order valence-corrected chi connectivity index (χ1v) is 12.9. The summed E-state index contributed by atoms with van der Waals surface area (Å²) in [5.41, 5.74) is -0.147. The van der Waals surface area contributed by atoms with Gasteiger partial charge in [-0.15, -0.1) is 0 Å². The van der Waals surface area contributed by atoms with Crippen LogP contribution in [0.2, 0.25) is 5.04 Å². The Morgan fingerprint density at radius 3 is 2.10 bits per heavy atom. The average Bonchev–Trinajstić information content (AvgIpc) is 3.18. The zero-order valence-corrected chi connectivity index (χ0v) is 19.2. The minimum Gasteiger partial charge on any atom is -0.406 e. The number of fused-ring (bicyclic) bond motifs is 1. The van der Waals surface area contributed by atoms with Crippen LogP contribution in [0.1, 0.15) is 47.0 Å². The van der Waals surface area contributed by atoms with Crippen molar-refractivity contribution < 1.29 is 8.82 Å². The van der Waals surface area contributed by atoms with Gasteiger partial charge in [0.05, 0.1) is 6.61 Å². The van der Waals surface area contributed by atoms with Crippen molar-refractivity contribution in [2.45, 2.75) is 69.7 Å². The van der Waals surface area contributed by atoms with Crippen LogP contribution >= 0.6 is 0 Å². The number of nitrogens with zero attached hydrogens (tertiary/aromatic N) is 1. The van der Waals surface area contributed by atoms with E-state index in [4.69, 9.17) is 4.43 Å². The average molecular weight is 412 g/mol. The van der Waals surface area contributed by atoms with E-state index in [0.29, 0.717) is 25.6 Å². The maximum absolute atomic E-state index is 14.5. The third kappa shape index (κ3) is 3.49. The number of benzene rings is 2. The zero-order chi connectivity index (χ0) is 20.7. The van der Waals surface area contributed by atoms with Crippen LogP contribution in [-0.2, 0) is 4.43 Å². The number of halogens is 1. The van der Waals surface area contributed by atoms with Gasteiger partial charge in [0.2, 0.25) is 0 Å². The highest BCUT2D eigenvalue weighted by Crippen LogP contribution is 2.45. The van der Waals surface area contributed by atoms with Gasteiger partial charge >= 0.3 is 0 Å². The Hall–Kier alpha value is -1.49. The summed E-state index contributed by atoms with van der Waals surface area (Å²) in [6.07, 6.45) is 2.04. The predicted molar refractivity (Wildman–Crippen MR) is 121 cm³/mol. The molecule has 29 heavy (non-hydrogen) atoms. The van der Waals surface area contributed by atoms with Crippen LogP contribution in [0, 0.1) is 0 Å². The predicted octanol–water partition coefficient (Wildman–Crippen LogP) is 4.53. The van der Waals surface area contributed by atoms with E-state index in [2.05, 4.69) is 93.3 Å². The second kappa shape index (κ2) is 7.64. The summed E-state index contributed by atoms with van der Waals surface area (Å²) >= 11 is 0. The zero-order valence-electron chi connectivity index (χ0n) is 18.2.